The van der Waals surface area contributed by atoms with Crippen molar-refractivity contribution in [2.75, 3.05) is 71.4 Å². The molecule has 2 aliphatic heterocycles. The van der Waals surface area contributed by atoms with Crippen LogP contribution >= 0.6 is 24.0 Å². The second kappa shape index (κ2) is 12.6. The van der Waals surface area contributed by atoms with Crippen LogP contribution in [0.1, 0.15) is 26.7 Å². The molecule has 6 nitrogen and oxygen atoms in total. The first-order valence-electron chi connectivity index (χ1n) is 11.2. The lowest BCUT2D eigenvalue weighted by Gasteiger charge is -2.38. The molecule has 3 rings (SSSR count). The van der Waals surface area contributed by atoms with Crippen LogP contribution in [0.2, 0.25) is 0 Å². The van der Waals surface area contributed by atoms with Crippen LogP contribution in [-0.4, -0.2) is 82.3 Å². The van der Waals surface area contributed by atoms with Crippen LogP contribution in [-0.2, 0) is 0 Å². The Labute approximate surface area is 200 Å². The number of nitrogens with zero attached hydrogens (tertiary/aromatic N) is 4. The molecule has 0 bridgehead atoms. The van der Waals surface area contributed by atoms with Crippen LogP contribution < -0.4 is 15.0 Å². The van der Waals surface area contributed by atoms with Gasteiger partial charge in [-0.05, 0) is 55.5 Å². The molecule has 2 heterocycles. The molecule has 1 atom stereocenters. The molecule has 7 heteroatoms. The van der Waals surface area contributed by atoms with Crippen molar-refractivity contribution < 1.29 is 4.74 Å². The topological polar surface area (TPSA) is 43.3 Å². The first-order valence-corrected chi connectivity index (χ1v) is 11.2. The average Bonchev–Trinajstić information content (AvgIpc) is 2.74. The van der Waals surface area contributed by atoms with E-state index in [1.807, 2.05) is 19.2 Å². The van der Waals surface area contributed by atoms with Gasteiger partial charge in [-0.25, -0.2) is 0 Å². The molecule has 2 aliphatic rings. The second-order valence-electron chi connectivity index (χ2n) is 8.76. The summed E-state index contributed by atoms with van der Waals surface area (Å²) in [6.07, 6.45) is 2.64. The van der Waals surface area contributed by atoms with Gasteiger partial charge in [-0.3, -0.25) is 4.99 Å². The van der Waals surface area contributed by atoms with Crippen LogP contribution in [0, 0.1) is 11.8 Å². The third-order valence-electron chi connectivity index (χ3n) is 6.00. The van der Waals surface area contributed by atoms with Crippen molar-refractivity contribution in [1.29, 1.82) is 0 Å². The van der Waals surface area contributed by atoms with Crippen molar-refractivity contribution in [3.63, 3.8) is 0 Å². The van der Waals surface area contributed by atoms with Crippen LogP contribution in [0.15, 0.2) is 29.3 Å². The molecule has 0 amide bonds. The number of benzene rings is 1. The fraction of sp³-hybridized carbons (Fsp3) is 0.696. The molecule has 0 aromatic heterocycles. The van der Waals surface area contributed by atoms with Gasteiger partial charge in [-0.2, -0.15) is 0 Å². The predicted molar refractivity (Wildman–Crippen MR) is 138 cm³/mol. The van der Waals surface area contributed by atoms with Gasteiger partial charge in [0.1, 0.15) is 5.75 Å². The Bertz CT molecular complexity index is 643. The molecular weight excluding hydrogens is 489 g/mol. The molecule has 30 heavy (non-hydrogen) atoms. The van der Waals surface area contributed by atoms with Crippen molar-refractivity contribution in [2.45, 2.75) is 26.7 Å². The maximum absolute atomic E-state index is 5.27. The van der Waals surface area contributed by atoms with Crippen molar-refractivity contribution in [3.05, 3.63) is 24.3 Å². The van der Waals surface area contributed by atoms with Gasteiger partial charge >= 0.3 is 0 Å². The van der Waals surface area contributed by atoms with E-state index in [0.717, 1.165) is 56.3 Å². The van der Waals surface area contributed by atoms with E-state index < -0.39 is 0 Å². The van der Waals surface area contributed by atoms with Crippen molar-refractivity contribution in [2.24, 2.45) is 16.8 Å². The largest absolute Gasteiger partial charge is 0.497 e. The van der Waals surface area contributed by atoms with Gasteiger partial charge < -0.3 is 24.8 Å². The summed E-state index contributed by atoms with van der Waals surface area (Å²) in [5.74, 6) is 3.43. The Morgan fingerprint density at radius 1 is 1.13 bits per heavy atom. The number of hydrogen-bond donors (Lipinski definition) is 1. The first kappa shape index (κ1) is 25.0. The number of piperidine rings is 1. The molecule has 0 aliphatic carbocycles. The Morgan fingerprint density at radius 3 is 2.43 bits per heavy atom. The van der Waals surface area contributed by atoms with E-state index in [1.165, 1.54) is 38.2 Å². The van der Waals surface area contributed by atoms with E-state index in [4.69, 9.17) is 4.74 Å². The number of hydrogen-bond acceptors (Lipinski definition) is 4. The minimum atomic E-state index is 0. The summed E-state index contributed by atoms with van der Waals surface area (Å²) in [4.78, 5) is 12.0. The fourth-order valence-corrected chi connectivity index (χ4v) is 4.54. The van der Waals surface area contributed by atoms with Gasteiger partial charge in [-0.15, -0.1) is 24.0 Å². The highest BCUT2D eigenvalue weighted by Crippen LogP contribution is 2.21. The van der Waals surface area contributed by atoms with Gasteiger partial charge in [0.15, 0.2) is 5.96 Å². The van der Waals surface area contributed by atoms with E-state index in [2.05, 4.69) is 51.0 Å². The SMILES string of the molecule is CN=C(NCC1CCCN(CC(C)C)C1)N1CCN(c2ccc(OC)cc2)CC1.I. The highest BCUT2D eigenvalue weighted by molar-refractivity contribution is 14.0. The zero-order valence-corrected chi connectivity index (χ0v) is 21.5. The Morgan fingerprint density at radius 2 is 1.83 bits per heavy atom. The molecule has 2 saturated heterocycles. The minimum absolute atomic E-state index is 0. The number of nitrogens with one attached hydrogen (secondary N) is 1. The Kier molecular flexibility index (Phi) is 10.5. The molecule has 0 radical (unpaired) electrons. The van der Waals surface area contributed by atoms with Gasteiger partial charge in [0.2, 0.25) is 0 Å². The number of likely N-dealkylation sites (tertiary alicyclic amines) is 1. The molecule has 0 spiro atoms. The molecule has 170 valence electrons. The third kappa shape index (κ3) is 7.18. The van der Waals surface area contributed by atoms with Gasteiger partial charge in [0.25, 0.3) is 0 Å². The van der Waals surface area contributed by atoms with Gasteiger partial charge in [0, 0.05) is 58.5 Å². The zero-order valence-electron chi connectivity index (χ0n) is 19.1. The number of methoxy groups -OCH3 is 1. The molecule has 1 aromatic carbocycles. The number of piperazine rings is 1. The normalized spacial score (nSPS) is 20.8. The van der Waals surface area contributed by atoms with Crippen molar-refractivity contribution >= 4 is 35.6 Å². The fourth-order valence-electron chi connectivity index (χ4n) is 4.54. The lowest BCUT2D eigenvalue weighted by atomic mass is 9.97. The summed E-state index contributed by atoms with van der Waals surface area (Å²) in [6.45, 7) is 13.4. The van der Waals surface area contributed by atoms with E-state index in [-0.39, 0.29) is 24.0 Å². The number of aliphatic imine (C=N–C) groups is 1. The molecule has 0 saturated carbocycles. The molecule has 1 N–H and O–H groups in total. The average molecular weight is 530 g/mol. The number of halogens is 1. The van der Waals surface area contributed by atoms with Crippen LogP contribution in [0.3, 0.4) is 0 Å². The summed E-state index contributed by atoms with van der Waals surface area (Å²) < 4.78 is 5.27. The molecule has 1 aromatic rings. The van der Waals surface area contributed by atoms with Crippen LogP contribution in [0.5, 0.6) is 5.75 Å². The standard InChI is InChI=1S/C23H39N5O.HI/c1-19(2)17-26-11-5-6-20(18-26)16-25-23(24-3)28-14-12-27(13-15-28)21-7-9-22(29-4)10-8-21;/h7-10,19-20H,5-6,11-18H2,1-4H3,(H,24,25);1H. The summed E-state index contributed by atoms with van der Waals surface area (Å²) in [6, 6.07) is 8.37. The summed E-state index contributed by atoms with van der Waals surface area (Å²) in [5, 5.41) is 3.67. The van der Waals surface area contributed by atoms with Crippen molar-refractivity contribution in [1.82, 2.24) is 15.1 Å². The van der Waals surface area contributed by atoms with Crippen LogP contribution in [0.25, 0.3) is 0 Å². The Hall–Kier alpha value is -1.22. The Balaban J connectivity index is 0.00000320. The maximum Gasteiger partial charge on any atom is 0.193 e. The number of guanidine groups is 1. The number of rotatable bonds is 6. The van der Waals surface area contributed by atoms with E-state index in [9.17, 15) is 0 Å². The third-order valence-corrected chi connectivity index (χ3v) is 6.00. The molecule has 2 fully saturated rings. The lowest BCUT2D eigenvalue weighted by Crippen LogP contribution is -2.53. The predicted octanol–water partition coefficient (Wildman–Crippen LogP) is 3.38. The van der Waals surface area contributed by atoms with Gasteiger partial charge in [-0.1, -0.05) is 13.8 Å². The number of ether oxygens (including phenoxy) is 1. The number of anilines is 1. The quantitative estimate of drug-likeness (QED) is 0.348. The highest BCUT2D eigenvalue weighted by atomic mass is 127. The summed E-state index contributed by atoms with van der Waals surface area (Å²) in [5.41, 5.74) is 1.26. The molecule has 1 unspecified atom stereocenters. The maximum atomic E-state index is 5.27. The van der Waals surface area contributed by atoms with Gasteiger partial charge in [0.05, 0.1) is 7.11 Å². The first-order chi connectivity index (χ1) is 14.1. The minimum Gasteiger partial charge on any atom is -0.497 e. The highest BCUT2D eigenvalue weighted by Gasteiger charge is 2.23. The second-order valence-corrected chi connectivity index (χ2v) is 8.76. The smallest absolute Gasteiger partial charge is 0.193 e. The zero-order chi connectivity index (χ0) is 20.6. The summed E-state index contributed by atoms with van der Waals surface area (Å²) in [7, 11) is 3.62. The molecular formula is C23H40IN5O. The van der Waals surface area contributed by atoms with E-state index >= 15 is 0 Å². The monoisotopic (exact) mass is 529 g/mol. The van der Waals surface area contributed by atoms with E-state index in [0.29, 0.717) is 0 Å². The lowest BCUT2D eigenvalue weighted by molar-refractivity contribution is 0.159. The summed E-state index contributed by atoms with van der Waals surface area (Å²) >= 11 is 0. The van der Waals surface area contributed by atoms with E-state index in [1.54, 1.807) is 7.11 Å². The van der Waals surface area contributed by atoms with Crippen LogP contribution in [0.4, 0.5) is 5.69 Å². The van der Waals surface area contributed by atoms with Crippen molar-refractivity contribution in [3.8, 4) is 5.75 Å².